The number of carbonyl (C=O) groups is 1. The van der Waals surface area contributed by atoms with E-state index in [1.807, 2.05) is 33.8 Å². The van der Waals surface area contributed by atoms with E-state index in [0.29, 0.717) is 6.54 Å². The summed E-state index contributed by atoms with van der Waals surface area (Å²) in [5.74, 6) is -0.162. The maximum Gasteiger partial charge on any atom is 0.410 e. The summed E-state index contributed by atoms with van der Waals surface area (Å²) in [7, 11) is 0. The average molecular weight is 296 g/mol. The maximum atomic E-state index is 12.2. The number of hydrogen-bond donors (Lipinski definition) is 1. The van der Waals surface area contributed by atoms with Crippen LogP contribution in [0.2, 0.25) is 0 Å². The number of hydrogen-bond acceptors (Lipinski definition) is 3. The van der Waals surface area contributed by atoms with E-state index in [9.17, 15) is 9.18 Å². The predicted octanol–water partition coefficient (Wildman–Crippen LogP) is 3.09. The van der Waals surface area contributed by atoms with E-state index in [4.69, 9.17) is 10.5 Å². The van der Waals surface area contributed by atoms with Crippen LogP contribution in [0.5, 0.6) is 0 Å². The van der Waals surface area contributed by atoms with Crippen LogP contribution in [0.3, 0.4) is 0 Å². The largest absolute Gasteiger partial charge is 0.444 e. The molecule has 1 aliphatic heterocycles. The molecule has 1 saturated heterocycles. The van der Waals surface area contributed by atoms with Crippen molar-refractivity contribution in [3.8, 4) is 0 Å². The van der Waals surface area contributed by atoms with E-state index < -0.39 is 5.60 Å². The molecule has 1 fully saturated rings. The van der Waals surface area contributed by atoms with Gasteiger partial charge in [-0.25, -0.2) is 9.18 Å². The van der Waals surface area contributed by atoms with Crippen molar-refractivity contribution in [2.24, 2.45) is 5.73 Å². The first-order valence-corrected chi connectivity index (χ1v) is 7.13. The van der Waals surface area contributed by atoms with Gasteiger partial charge in [-0.05, 0) is 51.8 Å². The van der Waals surface area contributed by atoms with Crippen LogP contribution in [0.15, 0.2) is 24.3 Å². The molecule has 1 atom stereocenters. The molecule has 0 aliphatic carbocycles. The number of nitrogens with zero attached hydrogens (tertiary/aromatic N) is 1. The maximum absolute atomic E-state index is 12.2. The zero-order chi connectivity index (χ0) is 16.0. The van der Waals surface area contributed by atoms with Crippen LogP contribution < -0.4 is 5.73 Å². The summed E-state index contributed by atoms with van der Waals surface area (Å²) in [5.41, 5.74) is 6.23. The van der Waals surface area contributed by atoms with E-state index in [1.165, 1.54) is 12.1 Å². The van der Waals surface area contributed by atoms with Gasteiger partial charge in [0.05, 0.1) is 0 Å². The first kappa shape index (κ1) is 17.4. The van der Waals surface area contributed by atoms with E-state index in [-0.39, 0.29) is 18.0 Å². The fourth-order valence-electron chi connectivity index (χ4n) is 1.89. The number of likely N-dealkylation sites (tertiary alicyclic amines) is 1. The number of carbonyl (C=O) groups excluding carboxylic acids is 1. The summed E-state index contributed by atoms with van der Waals surface area (Å²) < 4.78 is 17.4. The zero-order valence-corrected chi connectivity index (χ0v) is 13.2. The van der Waals surface area contributed by atoms with E-state index in [1.54, 1.807) is 11.0 Å². The SMILES string of the molecule is CC(C)(C)OC(=O)N1CCC(N)C1.Cc1cccc(F)c1. The number of rotatable bonds is 0. The number of nitrogens with two attached hydrogens (primary N) is 1. The molecule has 21 heavy (non-hydrogen) atoms. The van der Waals surface area contributed by atoms with Gasteiger partial charge < -0.3 is 15.4 Å². The van der Waals surface area contributed by atoms with Gasteiger partial charge in [-0.15, -0.1) is 0 Å². The topological polar surface area (TPSA) is 55.6 Å². The summed E-state index contributed by atoms with van der Waals surface area (Å²) >= 11 is 0. The fourth-order valence-corrected chi connectivity index (χ4v) is 1.89. The predicted molar refractivity (Wildman–Crippen MR) is 81.5 cm³/mol. The summed E-state index contributed by atoms with van der Waals surface area (Å²) in [5, 5.41) is 0. The molecule has 5 heteroatoms. The lowest BCUT2D eigenvalue weighted by Crippen LogP contribution is -2.36. The van der Waals surface area contributed by atoms with Crippen molar-refractivity contribution in [3.05, 3.63) is 35.6 Å². The third kappa shape index (κ3) is 7.09. The minimum absolute atomic E-state index is 0.118. The van der Waals surface area contributed by atoms with Gasteiger partial charge in [0.15, 0.2) is 0 Å². The van der Waals surface area contributed by atoms with Crippen LogP contribution in [0.25, 0.3) is 0 Å². The number of benzene rings is 1. The van der Waals surface area contributed by atoms with Gasteiger partial charge >= 0.3 is 6.09 Å². The fraction of sp³-hybridized carbons (Fsp3) is 0.562. The molecule has 1 amide bonds. The van der Waals surface area contributed by atoms with Crippen molar-refractivity contribution in [2.45, 2.75) is 45.8 Å². The zero-order valence-electron chi connectivity index (χ0n) is 13.2. The Hall–Kier alpha value is -1.62. The Morgan fingerprint density at radius 3 is 2.48 bits per heavy atom. The van der Waals surface area contributed by atoms with Crippen LogP contribution in [-0.2, 0) is 4.74 Å². The number of halogens is 1. The average Bonchev–Trinajstić information content (AvgIpc) is 2.74. The molecule has 0 saturated carbocycles. The molecular weight excluding hydrogens is 271 g/mol. The molecule has 4 nitrogen and oxygen atoms in total. The normalized spacial score (nSPS) is 18.0. The Morgan fingerprint density at radius 1 is 1.43 bits per heavy atom. The van der Waals surface area contributed by atoms with Gasteiger partial charge in [0.25, 0.3) is 0 Å². The lowest BCUT2D eigenvalue weighted by Gasteiger charge is -2.24. The van der Waals surface area contributed by atoms with Crippen LogP contribution >= 0.6 is 0 Å². The molecule has 0 aromatic heterocycles. The molecule has 1 aromatic carbocycles. The van der Waals surface area contributed by atoms with Crippen molar-refractivity contribution < 1.29 is 13.9 Å². The van der Waals surface area contributed by atoms with E-state index in [2.05, 4.69) is 0 Å². The first-order chi connectivity index (χ1) is 9.67. The van der Waals surface area contributed by atoms with Gasteiger partial charge in [-0.2, -0.15) is 0 Å². The second-order valence-corrected chi connectivity index (χ2v) is 6.27. The number of ether oxygens (including phenoxy) is 1. The molecule has 0 spiro atoms. The monoisotopic (exact) mass is 296 g/mol. The standard InChI is InChI=1S/C9H18N2O2.C7H7F/c1-9(2,3)13-8(12)11-5-4-7(10)6-11;1-6-3-2-4-7(8)5-6/h7H,4-6,10H2,1-3H3;2-5H,1H3. The van der Waals surface area contributed by atoms with Gasteiger partial charge in [-0.3, -0.25) is 0 Å². The second-order valence-electron chi connectivity index (χ2n) is 6.27. The van der Waals surface area contributed by atoms with E-state index >= 15 is 0 Å². The Kier molecular flexibility index (Phi) is 6.15. The third-order valence-electron chi connectivity index (χ3n) is 2.86. The smallest absolute Gasteiger partial charge is 0.410 e. The highest BCUT2D eigenvalue weighted by molar-refractivity contribution is 5.68. The summed E-state index contributed by atoms with van der Waals surface area (Å²) in [6.45, 7) is 8.79. The Balaban J connectivity index is 0.000000235. The van der Waals surface area contributed by atoms with Crippen LogP contribution in [0, 0.1) is 12.7 Å². The highest BCUT2D eigenvalue weighted by Gasteiger charge is 2.27. The molecular formula is C16H25FN2O2. The van der Waals surface area contributed by atoms with Gasteiger partial charge in [-0.1, -0.05) is 12.1 Å². The summed E-state index contributed by atoms with van der Waals surface area (Å²) in [4.78, 5) is 13.1. The minimum Gasteiger partial charge on any atom is -0.444 e. The summed E-state index contributed by atoms with van der Waals surface area (Å²) in [6, 6.07) is 6.62. The number of amides is 1. The Labute approximate surface area is 126 Å². The quantitative estimate of drug-likeness (QED) is 0.800. The molecule has 2 N–H and O–H groups in total. The van der Waals surface area contributed by atoms with Gasteiger partial charge in [0.1, 0.15) is 11.4 Å². The third-order valence-corrected chi connectivity index (χ3v) is 2.86. The van der Waals surface area contributed by atoms with Gasteiger partial charge in [0, 0.05) is 19.1 Å². The van der Waals surface area contributed by atoms with Crippen LogP contribution in [0.4, 0.5) is 9.18 Å². The molecule has 1 unspecified atom stereocenters. The van der Waals surface area contributed by atoms with Crippen molar-refractivity contribution in [1.82, 2.24) is 4.90 Å². The molecule has 2 rings (SSSR count). The lowest BCUT2D eigenvalue weighted by atomic mass is 10.2. The van der Waals surface area contributed by atoms with Crippen molar-refractivity contribution >= 4 is 6.09 Å². The molecule has 1 aliphatic rings. The molecule has 1 heterocycles. The van der Waals surface area contributed by atoms with Crippen LogP contribution in [0.1, 0.15) is 32.8 Å². The summed E-state index contributed by atoms with van der Waals surface area (Å²) in [6.07, 6.45) is 0.625. The second kappa shape index (κ2) is 7.41. The van der Waals surface area contributed by atoms with Crippen LogP contribution in [-0.4, -0.2) is 35.7 Å². The first-order valence-electron chi connectivity index (χ1n) is 7.13. The molecule has 0 bridgehead atoms. The van der Waals surface area contributed by atoms with Crippen molar-refractivity contribution in [3.63, 3.8) is 0 Å². The highest BCUT2D eigenvalue weighted by atomic mass is 19.1. The highest BCUT2D eigenvalue weighted by Crippen LogP contribution is 2.13. The lowest BCUT2D eigenvalue weighted by molar-refractivity contribution is 0.0292. The number of aryl methyl sites for hydroxylation is 1. The Morgan fingerprint density at radius 2 is 2.10 bits per heavy atom. The molecule has 1 aromatic rings. The van der Waals surface area contributed by atoms with Gasteiger partial charge in [0.2, 0.25) is 0 Å². The molecule has 118 valence electrons. The minimum atomic E-state index is -0.413. The Bertz CT molecular complexity index is 454. The van der Waals surface area contributed by atoms with E-state index in [0.717, 1.165) is 18.5 Å². The van der Waals surface area contributed by atoms with Crippen molar-refractivity contribution in [2.75, 3.05) is 13.1 Å². The molecule has 0 radical (unpaired) electrons. The van der Waals surface area contributed by atoms with Crippen molar-refractivity contribution in [1.29, 1.82) is 0 Å².